The summed E-state index contributed by atoms with van der Waals surface area (Å²) in [6, 6.07) is 3.58. The smallest absolute Gasteiger partial charge is 0.251 e. The van der Waals surface area contributed by atoms with Crippen LogP contribution >= 0.6 is 0 Å². The molecule has 174 valence electrons. The van der Waals surface area contributed by atoms with Gasteiger partial charge in [0.2, 0.25) is 5.95 Å². The van der Waals surface area contributed by atoms with Crippen molar-refractivity contribution in [2.75, 3.05) is 57.6 Å². The van der Waals surface area contributed by atoms with Crippen molar-refractivity contribution in [2.45, 2.75) is 18.9 Å². The highest BCUT2D eigenvalue weighted by molar-refractivity contribution is 5.91. The molecule has 0 saturated carbocycles. The molecular formula is C19H29ClN5O6-. The summed E-state index contributed by atoms with van der Waals surface area (Å²) in [4.78, 5) is 25.6. The predicted octanol–water partition coefficient (Wildman–Crippen LogP) is -3.59. The topological polar surface area (TPSA) is 166 Å². The zero-order valence-electron chi connectivity index (χ0n) is 17.6. The van der Waals surface area contributed by atoms with E-state index in [0.29, 0.717) is 67.0 Å². The molecule has 12 heteroatoms. The average molecular weight is 459 g/mol. The molecular weight excluding hydrogens is 430 g/mol. The average Bonchev–Trinajstić information content (AvgIpc) is 3.27. The fourth-order valence-electron chi connectivity index (χ4n) is 3.71. The van der Waals surface area contributed by atoms with E-state index in [2.05, 4.69) is 9.97 Å². The third kappa shape index (κ3) is 5.18. The highest BCUT2D eigenvalue weighted by Crippen LogP contribution is 2.34. The second kappa shape index (κ2) is 11.1. The van der Waals surface area contributed by atoms with Crippen LogP contribution < -0.4 is 32.5 Å². The van der Waals surface area contributed by atoms with Crippen LogP contribution in [-0.4, -0.2) is 84.8 Å². The van der Waals surface area contributed by atoms with Gasteiger partial charge >= 0.3 is 0 Å². The van der Waals surface area contributed by atoms with Gasteiger partial charge in [-0.05, 0) is 18.9 Å². The Morgan fingerprint density at radius 2 is 1.74 bits per heavy atom. The number of anilines is 2. The number of aromatic nitrogens is 2. The maximum atomic E-state index is 12.5. The summed E-state index contributed by atoms with van der Waals surface area (Å²) in [5, 5.41) is 0.716. The lowest BCUT2D eigenvalue weighted by molar-refractivity contribution is -0.141. The molecule has 2 aliphatic rings. The summed E-state index contributed by atoms with van der Waals surface area (Å²) in [6.07, 6.45) is 1.49. The van der Waals surface area contributed by atoms with Gasteiger partial charge in [-0.2, -0.15) is 4.98 Å². The lowest BCUT2D eigenvalue weighted by Gasteiger charge is -2.35. The Kier molecular flexibility index (Phi) is 9.50. The van der Waals surface area contributed by atoms with Crippen LogP contribution in [0.4, 0.5) is 11.8 Å². The SMILES string of the molecule is COc1cc2nc(N3CCN(C(=O)C4CCCO4)CC3)nc(N)c2cc1OC.O.O.[Cl-]. The molecule has 1 unspecified atom stereocenters. The number of carbonyl (C=O) groups is 1. The summed E-state index contributed by atoms with van der Waals surface area (Å²) < 4.78 is 16.2. The molecule has 4 rings (SSSR count). The van der Waals surface area contributed by atoms with Gasteiger partial charge in [0, 0.05) is 44.2 Å². The van der Waals surface area contributed by atoms with Crippen molar-refractivity contribution < 1.29 is 42.4 Å². The third-order valence-corrected chi connectivity index (χ3v) is 5.30. The van der Waals surface area contributed by atoms with Crippen LogP contribution in [0.25, 0.3) is 10.9 Å². The number of amides is 1. The van der Waals surface area contributed by atoms with E-state index in [0.717, 1.165) is 12.8 Å². The summed E-state index contributed by atoms with van der Waals surface area (Å²) >= 11 is 0. The number of hydrogen-bond donors (Lipinski definition) is 1. The lowest BCUT2D eigenvalue weighted by Crippen LogP contribution is -3.00. The fourth-order valence-corrected chi connectivity index (χ4v) is 3.71. The number of ether oxygens (including phenoxy) is 3. The van der Waals surface area contributed by atoms with E-state index in [4.69, 9.17) is 19.9 Å². The summed E-state index contributed by atoms with van der Waals surface area (Å²) in [6.45, 7) is 3.21. The van der Waals surface area contributed by atoms with E-state index < -0.39 is 0 Å². The van der Waals surface area contributed by atoms with Crippen LogP contribution in [0.5, 0.6) is 11.5 Å². The van der Waals surface area contributed by atoms with Gasteiger partial charge in [-0.3, -0.25) is 4.79 Å². The number of halogens is 1. The first kappa shape index (κ1) is 26.4. The van der Waals surface area contributed by atoms with Crippen molar-refractivity contribution in [3.8, 4) is 11.5 Å². The maximum Gasteiger partial charge on any atom is 0.251 e. The maximum absolute atomic E-state index is 12.5. The zero-order valence-corrected chi connectivity index (χ0v) is 18.3. The molecule has 1 aromatic heterocycles. The number of hydrogen-bond acceptors (Lipinski definition) is 8. The zero-order chi connectivity index (χ0) is 19.7. The number of piperazine rings is 1. The van der Waals surface area contributed by atoms with Gasteiger partial charge in [-0.25, -0.2) is 4.98 Å². The van der Waals surface area contributed by atoms with Crippen molar-refractivity contribution in [3.63, 3.8) is 0 Å². The Labute approximate surface area is 186 Å². The van der Waals surface area contributed by atoms with Gasteiger partial charge in [0.15, 0.2) is 11.5 Å². The Morgan fingerprint density at radius 1 is 1.10 bits per heavy atom. The number of nitrogens with zero attached hydrogens (tertiary/aromatic N) is 4. The van der Waals surface area contributed by atoms with Crippen LogP contribution in [0.1, 0.15) is 12.8 Å². The standard InChI is InChI=1S/C19H25N5O4.ClH.2H2O/c1-26-15-10-12-13(11-16(15)27-2)21-19(22-17(12)20)24-7-5-23(6-8-24)18(25)14-4-3-9-28-14;;;/h10-11,14H,3-9H2,1-2H3,(H2,20,21,22);1H;2*1H2/p-1. The minimum Gasteiger partial charge on any atom is -1.00 e. The van der Waals surface area contributed by atoms with Crippen molar-refractivity contribution in [1.29, 1.82) is 0 Å². The number of rotatable bonds is 4. The molecule has 1 aromatic carbocycles. The number of fused-ring (bicyclic) bond motifs is 1. The van der Waals surface area contributed by atoms with Crippen molar-refractivity contribution in [2.24, 2.45) is 0 Å². The normalized spacial score (nSPS) is 17.9. The monoisotopic (exact) mass is 458 g/mol. The Bertz CT molecular complexity index is 888. The van der Waals surface area contributed by atoms with E-state index in [1.54, 1.807) is 26.4 Å². The molecule has 2 fully saturated rings. The summed E-state index contributed by atoms with van der Waals surface area (Å²) in [7, 11) is 3.16. The minimum atomic E-state index is -0.276. The second-order valence-corrected chi connectivity index (χ2v) is 6.95. The van der Waals surface area contributed by atoms with Crippen LogP contribution in [0.2, 0.25) is 0 Å². The molecule has 2 aliphatic heterocycles. The quantitative estimate of drug-likeness (QED) is 0.490. The first-order chi connectivity index (χ1) is 13.6. The fraction of sp³-hybridized carbons (Fsp3) is 0.526. The van der Waals surface area contributed by atoms with Crippen LogP contribution in [-0.2, 0) is 9.53 Å². The number of carbonyl (C=O) groups excluding carboxylic acids is 1. The number of nitrogens with two attached hydrogens (primary N) is 1. The minimum absolute atomic E-state index is 0. The van der Waals surface area contributed by atoms with Gasteiger partial charge in [-0.15, -0.1) is 0 Å². The van der Waals surface area contributed by atoms with E-state index in [1.807, 2.05) is 9.80 Å². The molecule has 0 spiro atoms. The molecule has 3 heterocycles. The summed E-state index contributed by atoms with van der Waals surface area (Å²) in [5.74, 6) is 2.21. The number of nitrogen functional groups attached to an aromatic ring is 1. The molecule has 0 radical (unpaired) electrons. The third-order valence-electron chi connectivity index (χ3n) is 5.30. The van der Waals surface area contributed by atoms with Crippen molar-refractivity contribution >= 4 is 28.6 Å². The van der Waals surface area contributed by atoms with Crippen LogP contribution in [0.3, 0.4) is 0 Å². The van der Waals surface area contributed by atoms with E-state index in [1.165, 1.54) is 0 Å². The van der Waals surface area contributed by atoms with Gasteiger partial charge < -0.3 is 53.1 Å². The highest BCUT2D eigenvalue weighted by atomic mass is 35.5. The van der Waals surface area contributed by atoms with E-state index >= 15 is 0 Å². The van der Waals surface area contributed by atoms with Crippen molar-refractivity contribution in [1.82, 2.24) is 14.9 Å². The molecule has 1 atom stereocenters. The van der Waals surface area contributed by atoms with Gasteiger partial charge in [0.1, 0.15) is 11.9 Å². The Hall–Kier alpha value is -2.60. The first-order valence-electron chi connectivity index (χ1n) is 9.45. The largest absolute Gasteiger partial charge is 1.00 e. The van der Waals surface area contributed by atoms with E-state index in [-0.39, 0.29) is 35.4 Å². The Balaban J connectivity index is 0.00000160. The van der Waals surface area contributed by atoms with Crippen LogP contribution in [0, 0.1) is 0 Å². The predicted molar refractivity (Wildman–Crippen MR) is 112 cm³/mol. The van der Waals surface area contributed by atoms with Gasteiger partial charge in [0.05, 0.1) is 19.7 Å². The molecule has 11 nitrogen and oxygen atoms in total. The van der Waals surface area contributed by atoms with Gasteiger partial charge in [0.25, 0.3) is 5.91 Å². The lowest BCUT2D eigenvalue weighted by atomic mass is 10.2. The molecule has 6 N–H and O–H groups in total. The molecule has 2 aromatic rings. The molecule has 2 saturated heterocycles. The number of methoxy groups -OCH3 is 2. The van der Waals surface area contributed by atoms with E-state index in [9.17, 15) is 4.79 Å². The molecule has 0 aliphatic carbocycles. The van der Waals surface area contributed by atoms with Gasteiger partial charge in [-0.1, -0.05) is 0 Å². The first-order valence-corrected chi connectivity index (χ1v) is 9.45. The molecule has 1 amide bonds. The van der Waals surface area contributed by atoms with Crippen LogP contribution in [0.15, 0.2) is 12.1 Å². The molecule has 31 heavy (non-hydrogen) atoms. The second-order valence-electron chi connectivity index (χ2n) is 6.95. The van der Waals surface area contributed by atoms with Crippen molar-refractivity contribution in [3.05, 3.63) is 12.1 Å². The number of benzene rings is 1. The highest BCUT2D eigenvalue weighted by Gasteiger charge is 2.31. The Morgan fingerprint density at radius 3 is 2.32 bits per heavy atom. The molecule has 0 bridgehead atoms. The summed E-state index contributed by atoms with van der Waals surface area (Å²) in [5.41, 5.74) is 6.87.